The van der Waals surface area contributed by atoms with Crippen molar-refractivity contribution in [3.63, 3.8) is 0 Å². The minimum atomic E-state index is -0.381. The maximum Gasteiger partial charge on any atom is 0.310 e. The fraction of sp³-hybridized carbons (Fsp3) is 0.571. The summed E-state index contributed by atoms with van der Waals surface area (Å²) in [5, 5.41) is 11.4. The molecule has 0 aromatic heterocycles. The molecule has 0 amide bonds. The standard InChI is InChI=1S/C14H18ClN3O2/c15-12-2-1-3-13(14(12)18(19)20)17-8-6-16(7-9-17)10-11-4-5-11/h1-3,11H,4-10H2. The molecule has 5 nitrogen and oxygen atoms in total. The fourth-order valence-corrected chi connectivity index (χ4v) is 3.02. The maximum atomic E-state index is 11.2. The Labute approximate surface area is 123 Å². The van der Waals surface area contributed by atoms with E-state index in [0.29, 0.717) is 5.69 Å². The number of nitro benzene ring substituents is 1. The van der Waals surface area contributed by atoms with E-state index in [1.807, 2.05) is 0 Å². The van der Waals surface area contributed by atoms with Gasteiger partial charge in [0.15, 0.2) is 0 Å². The maximum absolute atomic E-state index is 11.2. The number of nitrogens with zero attached hydrogens (tertiary/aromatic N) is 3. The number of hydrogen-bond acceptors (Lipinski definition) is 4. The van der Waals surface area contributed by atoms with Gasteiger partial charge < -0.3 is 4.90 Å². The second-order valence-electron chi connectivity index (χ2n) is 5.60. The summed E-state index contributed by atoms with van der Waals surface area (Å²) in [5.41, 5.74) is 0.679. The van der Waals surface area contributed by atoms with Gasteiger partial charge in [0.05, 0.1) is 4.92 Å². The van der Waals surface area contributed by atoms with Crippen molar-refractivity contribution in [1.29, 1.82) is 0 Å². The van der Waals surface area contributed by atoms with Crippen molar-refractivity contribution in [3.8, 4) is 0 Å². The summed E-state index contributed by atoms with van der Waals surface area (Å²) in [6, 6.07) is 5.15. The third-order valence-electron chi connectivity index (χ3n) is 4.07. The first kappa shape index (κ1) is 13.6. The predicted octanol–water partition coefficient (Wildman–Crippen LogP) is 2.78. The van der Waals surface area contributed by atoms with E-state index in [9.17, 15) is 10.1 Å². The molecule has 0 bridgehead atoms. The average Bonchev–Trinajstić information content (AvgIpc) is 3.23. The zero-order chi connectivity index (χ0) is 14.1. The summed E-state index contributed by atoms with van der Waals surface area (Å²) in [4.78, 5) is 15.3. The van der Waals surface area contributed by atoms with Crippen LogP contribution in [0.2, 0.25) is 5.02 Å². The zero-order valence-electron chi connectivity index (χ0n) is 11.3. The minimum Gasteiger partial charge on any atom is -0.363 e. The van der Waals surface area contributed by atoms with E-state index in [1.54, 1.807) is 18.2 Å². The number of hydrogen-bond donors (Lipinski definition) is 0. The van der Waals surface area contributed by atoms with Gasteiger partial charge in [-0.25, -0.2) is 0 Å². The Balaban J connectivity index is 1.71. The van der Waals surface area contributed by atoms with Gasteiger partial charge in [-0.1, -0.05) is 17.7 Å². The summed E-state index contributed by atoms with van der Waals surface area (Å²) < 4.78 is 0. The van der Waals surface area contributed by atoms with Crippen molar-refractivity contribution in [3.05, 3.63) is 33.3 Å². The first-order valence-electron chi connectivity index (χ1n) is 7.05. The van der Waals surface area contributed by atoms with E-state index in [2.05, 4.69) is 9.80 Å². The lowest BCUT2D eigenvalue weighted by molar-refractivity contribution is -0.384. The number of benzene rings is 1. The first-order chi connectivity index (χ1) is 9.65. The average molecular weight is 296 g/mol. The van der Waals surface area contributed by atoms with E-state index in [-0.39, 0.29) is 15.6 Å². The van der Waals surface area contributed by atoms with Gasteiger partial charge in [-0.05, 0) is 30.9 Å². The molecule has 1 aliphatic heterocycles. The highest BCUT2D eigenvalue weighted by atomic mass is 35.5. The van der Waals surface area contributed by atoms with Crippen molar-refractivity contribution in [1.82, 2.24) is 4.90 Å². The molecule has 1 saturated heterocycles. The molecule has 2 aliphatic rings. The van der Waals surface area contributed by atoms with Crippen LogP contribution < -0.4 is 4.90 Å². The van der Waals surface area contributed by atoms with E-state index >= 15 is 0 Å². The molecule has 0 spiro atoms. The number of rotatable bonds is 4. The van der Waals surface area contributed by atoms with E-state index < -0.39 is 0 Å². The molecule has 1 aromatic rings. The molecule has 1 saturated carbocycles. The molecule has 1 aliphatic carbocycles. The van der Waals surface area contributed by atoms with Crippen LogP contribution in [0.4, 0.5) is 11.4 Å². The Bertz CT molecular complexity index is 511. The highest BCUT2D eigenvalue weighted by Gasteiger charge is 2.29. The second kappa shape index (κ2) is 5.58. The molecule has 108 valence electrons. The third kappa shape index (κ3) is 2.88. The van der Waals surface area contributed by atoms with Crippen molar-refractivity contribution in [2.75, 3.05) is 37.6 Å². The molecular weight excluding hydrogens is 278 g/mol. The lowest BCUT2D eigenvalue weighted by atomic mass is 10.2. The van der Waals surface area contributed by atoms with Crippen LogP contribution in [0.15, 0.2) is 18.2 Å². The van der Waals surface area contributed by atoms with E-state index in [4.69, 9.17) is 11.6 Å². The Morgan fingerprint density at radius 3 is 2.55 bits per heavy atom. The third-order valence-corrected chi connectivity index (χ3v) is 4.38. The van der Waals surface area contributed by atoms with E-state index in [0.717, 1.165) is 32.1 Å². The molecule has 1 aromatic carbocycles. The first-order valence-corrected chi connectivity index (χ1v) is 7.43. The van der Waals surface area contributed by atoms with Crippen molar-refractivity contribution in [2.45, 2.75) is 12.8 Å². The SMILES string of the molecule is O=[N+]([O-])c1c(Cl)cccc1N1CCN(CC2CC2)CC1. The lowest BCUT2D eigenvalue weighted by Crippen LogP contribution is -2.47. The van der Waals surface area contributed by atoms with Crippen LogP contribution in [0.1, 0.15) is 12.8 Å². The van der Waals surface area contributed by atoms with Crippen LogP contribution in [0.25, 0.3) is 0 Å². The van der Waals surface area contributed by atoms with Gasteiger partial charge in [-0.15, -0.1) is 0 Å². The molecule has 2 fully saturated rings. The Morgan fingerprint density at radius 2 is 1.95 bits per heavy atom. The van der Waals surface area contributed by atoms with Crippen LogP contribution in [0.3, 0.4) is 0 Å². The molecular formula is C14H18ClN3O2. The summed E-state index contributed by atoms with van der Waals surface area (Å²) in [7, 11) is 0. The summed E-state index contributed by atoms with van der Waals surface area (Å²) >= 11 is 5.97. The molecule has 20 heavy (non-hydrogen) atoms. The second-order valence-corrected chi connectivity index (χ2v) is 6.00. The van der Waals surface area contributed by atoms with Crippen LogP contribution >= 0.6 is 11.6 Å². The Hall–Kier alpha value is -1.33. The van der Waals surface area contributed by atoms with E-state index in [1.165, 1.54) is 19.4 Å². The zero-order valence-corrected chi connectivity index (χ0v) is 12.1. The number of halogens is 1. The van der Waals surface area contributed by atoms with Gasteiger partial charge in [-0.2, -0.15) is 0 Å². The Kier molecular flexibility index (Phi) is 3.81. The van der Waals surface area contributed by atoms with Crippen LogP contribution in [-0.2, 0) is 0 Å². The largest absolute Gasteiger partial charge is 0.363 e. The van der Waals surface area contributed by atoms with Gasteiger partial charge in [0.25, 0.3) is 0 Å². The monoisotopic (exact) mass is 295 g/mol. The van der Waals surface area contributed by atoms with Gasteiger partial charge in [0.2, 0.25) is 0 Å². The highest BCUT2D eigenvalue weighted by molar-refractivity contribution is 6.33. The number of piperazine rings is 1. The van der Waals surface area contributed by atoms with Crippen LogP contribution in [-0.4, -0.2) is 42.5 Å². The molecule has 0 radical (unpaired) electrons. The summed E-state index contributed by atoms with van der Waals surface area (Å²) in [6.07, 6.45) is 2.72. The quantitative estimate of drug-likeness (QED) is 0.633. The van der Waals surface area contributed by atoms with Gasteiger partial charge in [0, 0.05) is 32.7 Å². The smallest absolute Gasteiger partial charge is 0.310 e. The topological polar surface area (TPSA) is 49.6 Å². The normalized spacial score (nSPS) is 20.1. The Morgan fingerprint density at radius 1 is 1.25 bits per heavy atom. The van der Waals surface area contributed by atoms with Crippen LogP contribution in [0.5, 0.6) is 0 Å². The fourth-order valence-electron chi connectivity index (χ4n) is 2.78. The molecule has 0 N–H and O–H groups in total. The molecule has 3 rings (SSSR count). The molecule has 6 heteroatoms. The molecule has 1 heterocycles. The summed E-state index contributed by atoms with van der Waals surface area (Å²) in [6.45, 7) is 4.79. The van der Waals surface area contributed by atoms with Crippen LogP contribution in [0, 0.1) is 16.0 Å². The molecule has 0 unspecified atom stereocenters. The lowest BCUT2D eigenvalue weighted by Gasteiger charge is -2.35. The highest BCUT2D eigenvalue weighted by Crippen LogP contribution is 2.36. The molecule has 0 atom stereocenters. The van der Waals surface area contributed by atoms with Crippen molar-refractivity contribution < 1.29 is 4.92 Å². The van der Waals surface area contributed by atoms with Gasteiger partial charge in [-0.3, -0.25) is 15.0 Å². The van der Waals surface area contributed by atoms with Crippen molar-refractivity contribution >= 4 is 23.0 Å². The van der Waals surface area contributed by atoms with Gasteiger partial charge >= 0.3 is 5.69 Å². The predicted molar refractivity (Wildman–Crippen MR) is 79.5 cm³/mol. The minimum absolute atomic E-state index is 0.0322. The number of anilines is 1. The van der Waals surface area contributed by atoms with Crippen molar-refractivity contribution in [2.24, 2.45) is 5.92 Å². The summed E-state index contributed by atoms with van der Waals surface area (Å²) in [5.74, 6) is 0.891. The number of para-hydroxylation sites is 1. The van der Waals surface area contributed by atoms with Gasteiger partial charge in [0.1, 0.15) is 10.7 Å². The number of nitro groups is 1.